The van der Waals surface area contributed by atoms with Gasteiger partial charge in [-0.05, 0) is 29.9 Å². The highest BCUT2D eigenvalue weighted by molar-refractivity contribution is 6.01. The molecule has 1 N–H and O–H groups in total. The number of aryl methyl sites for hydroxylation is 1. The topological polar surface area (TPSA) is 49.4 Å². The Balaban J connectivity index is 2.16. The van der Waals surface area contributed by atoms with Gasteiger partial charge in [0.15, 0.2) is 5.78 Å². The largest absolute Gasteiger partial charge is 0.327 e. The number of nitrogens with one attached hydrogen (secondary N) is 1. The van der Waals surface area contributed by atoms with Gasteiger partial charge in [0, 0.05) is 24.7 Å². The van der Waals surface area contributed by atoms with Crippen molar-refractivity contribution in [3.8, 4) is 0 Å². The van der Waals surface area contributed by atoms with Crippen molar-refractivity contribution in [1.82, 2.24) is 10.2 Å². The van der Waals surface area contributed by atoms with Gasteiger partial charge in [0.2, 0.25) is 0 Å². The second kappa shape index (κ2) is 4.97. The lowest BCUT2D eigenvalue weighted by Gasteiger charge is -2.42. The molecule has 0 aromatic heterocycles. The lowest BCUT2D eigenvalue weighted by atomic mass is 9.72. The van der Waals surface area contributed by atoms with Crippen LogP contribution >= 0.6 is 0 Å². The highest BCUT2D eigenvalue weighted by Gasteiger charge is 2.42. The molecule has 1 aromatic carbocycles. The molecule has 116 valence electrons. The van der Waals surface area contributed by atoms with Crippen LogP contribution in [0, 0.1) is 12.3 Å². The fourth-order valence-electron chi connectivity index (χ4n) is 3.49. The van der Waals surface area contributed by atoms with Crippen LogP contribution in [-0.4, -0.2) is 23.8 Å². The third-order valence-electron chi connectivity index (χ3n) is 4.66. The molecule has 4 heteroatoms. The number of amides is 2. The summed E-state index contributed by atoms with van der Waals surface area (Å²) in [6, 6.07) is 7.45. The van der Waals surface area contributed by atoms with Crippen LogP contribution in [0.5, 0.6) is 0 Å². The standard InChI is InChI=1S/C18H22N2O2/c1-11-7-5-6-8-12(11)16-15-13(20(4)17(22)19-16)9-18(2,3)10-14(15)21/h5-8,16H,9-10H2,1-4H3,(H,19,22). The fourth-order valence-corrected chi connectivity index (χ4v) is 3.49. The average Bonchev–Trinajstić information content (AvgIpc) is 2.42. The SMILES string of the molecule is Cc1ccccc1C1NC(=O)N(C)C2=C1C(=O)CC(C)(C)C2. The number of hydrogen-bond acceptors (Lipinski definition) is 2. The molecule has 1 aromatic rings. The zero-order valence-electron chi connectivity index (χ0n) is 13.6. The number of allylic oxidation sites excluding steroid dienone is 1. The van der Waals surface area contributed by atoms with Gasteiger partial charge in [0.25, 0.3) is 0 Å². The number of benzene rings is 1. The smallest absolute Gasteiger partial charge is 0.322 e. The summed E-state index contributed by atoms with van der Waals surface area (Å²) in [5.41, 5.74) is 3.62. The number of carbonyl (C=O) groups excluding carboxylic acids is 2. The second-order valence-corrected chi connectivity index (χ2v) is 7.10. The normalized spacial score (nSPS) is 24.2. The van der Waals surface area contributed by atoms with Gasteiger partial charge in [-0.15, -0.1) is 0 Å². The summed E-state index contributed by atoms with van der Waals surface area (Å²) < 4.78 is 0. The highest BCUT2D eigenvalue weighted by atomic mass is 16.2. The molecule has 1 unspecified atom stereocenters. The van der Waals surface area contributed by atoms with Crippen molar-refractivity contribution in [3.63, 3.8) is 0 Å². The number of carbonyl (C=O) groups is 2. The van der Waals surface area contributed by atoms with E-state index >= 15 is 0 Å². The van der Waals surface area contributed by atoms with Gasteiger partial charge in [0.05, 0.1) is 6.04 Å². The quantitative estimate of drug-likeness (QED) is 0.864. The van der Waals surface area contributed by atoms with Gasteiger partial charge in [-0.1, -0.05) is 38.1 Å². The van der Waals surface area contributed by atoms with Crippen LogP contribution in [0.15, 0.2) is 35.5 Å². The van der Waals surface area contributed by atoms with Gasteiger partial charge in [-0.2, -0.15) is 0 Å². The van der Waals surface area contributed by atoms with E-state index in [-0.39, 0.29) is 23.3 Å². The van der Waals surface area contributed by atoms with Crippen LogP contribution in [0.4, 0.5) is 4.79 Å². The van der Waals surface area contributed by atoms with Crippen LogP contribution in [0.1, 0.15) is 43.9 Å². The summed E-state index contributed by atoms with van der Waals surface area (Å²) in [5, 5.41) is 2.99. The maximum Gasteiger partial charge on any atom is 0.322 e. The molecule has 0 spiro atoms. The Bertz CT molecular complexity index is 688. The minimum Gasteiger partial charge on any atom is -0.327 e. The van der Waals surface area contributed by atoms with E-state index < -0.39 is 0 Å². The van der Waals surface area contributed by atoms with Crippen LogP contribution in [0.25, 0.3) is 0 Å². The third kappa shape index (κ3) is 2.32. The maximum absolute atomic E-state index is 12.8. The van der Waals surface area contributed by atoms with Crippen molar-refractivity contribution in [2.24, 2.45) is 5.41 Å². The molecule has 3 rings (SSSR count). The Kier molecular flexibility index (Phi) is 3.35. The Morgan fingerprint density at radius 2 is 1.86 bits per heavy atom. The van der Waals surface area contributed by atoms with Gasteiger partial charge >= 0.3 is 6.03 Å². The molecule has 2 amide bonds. The summed E-state index contributed by atoms with van der Waals surface area (Å²) in [7, 11) is 1.74. The Hall–Kier alpha value is -2.10. The third-order valence-corrected chi connectivity index (χ3v) is 4.66. The molecular weight excluding hydrogens is 276 g/mol. The minimum atomic E-state index is -0.330. The van der Waals surface area contributed by atoms with Gasteiger partial charge < -0.3 is 10.2 Å². The summed E-state index contributed by atoms with van der Waals surface area (Å²) >= 11 is 0. The second-order valence-electron chi connectivity index (χ2n) is 7.10. The van der Waals surface area contributed by atoms with E-state index in [9.17, 15) is 9.59 Å². The van der Waals surface area contributed by atoms with Crippen molar-refractivity contribution >= 4 is 11.8 Å². The molecular formula is C18H22N2O2. The highest BCUT2D eigenvalue weighted by Crippen LogP contribution is 2.44. The molecule has 0 bridgehead atoms. The van der Waals surface area contributed by atoms with Crippen LogP contribution in [0.3, 0.4) is 0 Å². The molecule has 0 radical (unpaired) electrons. The van der Waals surface area contributed by atoms with E-state index in [0.29, 0.717) is 6.42 Å². The maximum atomic E-state index is 12.8. The van der Waals surface area contributed by atoms with E-state index in [0.717, 1.165) is 28.8 Å². The molecule has 22 heavy (non-hydrogen) atoms. The van der Waals surface area contributed by atoms with E-state index in [1.165, 1.54) is 0 Å². The lowest BCUT2D eigenvalue weighted by Crippen LogP contribution is -2.49. The van der Waals surface area contributed by atoms with Crippen molar-refractivity contribution < 1.29 is 9.59 Å². The van der Waals surface area contributed by atoms with E-state index in [1.54, 1.807) is 11.9 Å². The molecule has 0 saturated heterocycles. The zero-order chi connectivity index (χ0) is 16.1. The summed E-state index contributed by atoms with van der Waals surface area (Å²) in [6.07, 6.45) is 1.28. The number of nitrogens with zero attached hydrogens (tertiary/aromatic N) is 1. The monoisotopic (exact) mass is 298 g/mol. The summed E-state index contributed by atoms with van der Waals surface area (Å²) in [5.74, 6) is 0.145. The molecule has 1 aliphatic carbocycles. The number of rotatable bonds is 1. The molecule has 0 saturated carbocycles. The average molecular weight is 298 g/mol. The van der Waals surface area contributed by atoms with Crippen molar-refractivity contribution in [3.05, 3.63) is 46.7 Å². The predicted octanol–water partition coefficient (Wildman–Crippen LogP) is 3.33. The lowest BCUT2D eigenvalue weighted by molar-refractivity contribution is -0.118. The van der Waals surface area contributed by atoms with E-state index in [4.69, 9.17) is 0 Å². The van der Waals surface area contributed by atoms with Gasteiger partial charge in [-0.3, -0.25) is 4.79 Å². The Morgan fingerprint density at radius 1 is 1.18 bits per heavy atom. The number of ketones is 1. The van der Waals surface area contributed by atoms with Crippen molar-refractivity contribution in [1.29, 1.82) is 0 Å². The Labute approximate surface area is 131 Å². The van der Waals surface area contributed by atoms with Gasteiger partial charge in [-0.25, -0.2) is 4.79 Å². The first-order valence-electron chi connectivity index (χ1n) is 7.66. The molecule has 0 fully saturated rings. The molecule has 4 nitrogen and oxygen atoms in total. The molecule has 1 heterocycles. The molecule has 2 aliphatic rings. The first-order chi connectivity index (χ1) is 10.3. The summed E-state index contributed by atoms with van der Waals surface area (Å²) in [4.78, 5) is 26.7. The summed E-state index contributed by atoms with van der Waals surface area (Å²) in [6.45, 7) is 6.17. The minimum absolute atomic E-state index is 0.0991. The fraction of sp³-hybridized carbons (Fsp3) is 0.444. The van der Waals surface area contributed by atoms with Gasteiger partial charge in [0.1, 0.15) is 0 Å². The molecule has 1 atom stereocenters. The number of hydrogen-bond donors (Lipinski definition) is 1. The predicted molar refractivity (Wildman–Crippen MR) is 85.3 cm³/mol. The zero-order valence-corrected chi connectivity index (χ0v) is 13.6. The first kappa shape index (κ1) is 14.8. The van der Waals surface area contributed by atoms with Crippen molar-refractivity contribution in [2.45, 2.75) is 39.7 Å². The first-order valence-corrected chi connectivity index (χ1v) is 7.66. The van der Waals surface area contributed by atoms with E-state index in [2.05, 4.69) is 19.2 Å². The van der Waals surface area contributed by atoms with Crippen LogP contribution < -0.4 is 5.32 Å². The van der Waals surface area contributed by atoms with Crippen LogP contribution in [0.2, 0.25) is 0 Å². The Morgan fingerprint density at radius 3 is 2.55 bits per heavy atom. The molecule has 1 aliphatic heterocycles. The van der Waals surface area contributed by atoms with E-state index in [1.807, 2.05) is 31.2 Å². The number of Topliss-reactive ketones (excluding diaryl/α,β-unsaturated/α-hetero) is 1. The number of urea groups is 1. The van der Waals surface area contributed by atoms with Crippen LogP contribution in [-0.2, 0) is 4.79 Å². The van der Waals surface area contributed by atoms with Crippen molar-refractivity contribution in [2.75, 3.05) is 7.05 Å².